The highest BCUT2D eigenvalue weighted by atomic mass is 19.4. The van der Waals surface area contributed by atoms with Crippen LogP contribution < -0.4 is 5.73 Å². The molecule has 1 saturated heterocycles. The van der Waals surface area contributed by atoms with Crippen LogP contribution in [0.3, 0.4) is 0 Å². The van der Waals surface area contributed by atoms with Crippen LogP contribution in [0.15, 0.2) is 0 Å². The highest BCUT2D eigenvalue weighted by molar-refractivity contribution is 5.81. The van der Waals surface area contributed by atoms with Gasteiger partial charge in [-0.1, -0.05) is 0 Å². The molecule has 0 aromatic carbocycles. The van der Waals surface area contributed by atoms with Gasteiger partial charge in [0.2, 0.25) is 0 Å². The van der Waals surface area contributed by atoms with Crippen LogP contribution >= 0.6 is 0 Å². The molecule has 0 aromatic rings. The zero-order valence-corrected chi connectivity index (χ0v) is 11.4. The summed E-state index contributed by atoms with van der Waals surface area (Å²) in [6, 6.07) is 0. The third-order valence-corrected chi connectivity index (χ3v) is 3.80. The number of hydrogen-bond donors (Lipinski definition) is 1. The Hall–Kier alpha value is -0.820. The SMILES string of the molecule is NC[C@H]1CC[C@@H](C(=O)N(CCC(F)(F)F)CC2CC2)O1. The van der Waals surface area contributed by atoms with E-state index < -0.39 is 18.7 Å². The lowest BCUT2D eigenvalue weighted by Gasteiger charge is -2.26. The first-order valence-electron chi connectivity index (χ1n) is 7.10. The molecule has 1 saturated carbocycles. The Kier molecular flexibility index (Phi) is 4.90. The highest BCUT2D eigenvalue weighted by Gasteiger charge is 2.37. The van der Waals surface area contributed by atoms with E-state index in [1.54, 1.807) is 0 Å². The molecule has 0 aromatic heterocycles. The molecular weight excluding hydrogens is 273 g/mol. The maximum absolute atomic E-state index is 12.3. The van der Waals surface area contributed by atoms with Crippen LogP contribution in [0.5, 0.6) is 0 Å². The molecule has 2 N–H and O–H groups in total. The number of nitrogens with zero attached hydrogens (tertiary/aromatic N) is 1. The minimum Gasteiger partial charge on any atom is -0.364 e. The van der Waals surface area contributed by atoms with E-state index >= 15 is 0 Å². The minimum atomic E-state index is -4.24. The van der Waals surface area contributed by atoms with Crippen molar-refractivity contribution in [2.24, 2.45) is 11.7 Å². The Morgan fingerprint density at radius 1 is 1.25 bits per heavy atom. The Balaban J connectivity index is 1.89. The topological polar surface area (TPSA) is 55.6 Å². The summed E-state index contributed by atoms with van der Waals surface area (Å²) in [5.41, 5.74) is 5.48. The second-order valence-corrected chi connectivity index (χ2v) is 5.65. The number of alkyl halides is 3. The van der Waals surface area contributed by atoms with Gasteiger partial charge in [0.1, 0.15) is 6.10 Å². The van der Waals surface area contributed by atoms with Crippen molar-refractivity contribution in [3.8, 4) is 0 Å². The van der Waals surface area contributed by atoms with E-state index in [2.05, 4.69) is 0 Å². The van der Waals surface area contributed by atoms with Gasteiger partial charge in [-0.2, -0.15) is 13.2 Å². The summed E-state index contributed by atoms with van der Waals surface area (Å²) in [4.78, 5) is 13.6. The standard InChI is InChI=1S/C13H21F3N2O2/c14-13(15,16)5-6-18(8-9-1-2-9)12(19)11-4-3-10(7-17)20-11/h9-11H,1-8,17H2/t10-,11+/m1/s1. The molecule has 20 heavy (non-hydrogen) atoms. The number of carbonyl (C=O) groups is 1. The first kappa shape index (κ1) is 15.6. The van der Waals surface area contributed by atoms with Gasteiger partial charge in [-0.15, -0.1) is 0 Å². The summed E-state index contributed by atoms with van der Waals surface area (Å²) < 4.78 is 42.5. The first-order valence-corrected chi connectivity index (χ1v) is 7.10. The number of amides is 1. The van der Waals surface area contributed by atoms with Crippen molar-refractivity contribution in [1.82, 2.24) is 4.90 Å². The quantitative estimate of drug-likeness (QED) is 0.811. The van der Waals surface area contributed by atoms with E-state index in [4.69, 9.17) is 10.5 Å². The fraction of sp³-hybridized carbons (Fsp3) is 0.923. The Morgan fingerprint density at radius 2 is 1.95 bits per heavy atom. The van der Waals surface area contributed by atoms with Gasteiger partial charge in [0.15, 0.2) is 0 Å². The van der Waals surface area contributed by atoms with Gasteiger partial charge in [0.25, 0.3) is 5.91 Å². The lowest BCUT2D eigenvalue weighted by molar-refractivity contribution is -0.152. The summed E-state index contributed by atoms with van der Waals surface area (Å²) in [6.07, 6.45) is -2.72. The van der Waals surface area contributed by atoms with Gasteiger partial charge in [0, 0.05) is 19.6 Å². The molecule has 0 spiro atoms. The summed E-state index contributed by atoms with van der Waals surface area (Å²) in [7, 11) is 0. The zero-order chi connectivity index (χ0) is 14.8. The molecule has 1 aliphatic carbocycles. The predicted molar refractivity (Wildman–Crippen MR) is 66.9 cm³/mol. The highest BCUT2D eigenvalue weighted by Crippen LogP contribution is 2.31. The fourth-order valence-corrected chi connectivity index (χ4v) is 2.43. The molecule has 2 aliphatic rings. The average molecular weight is 294 g/mol. The summed E-state index contributed by atoms with van der Waals surface area (Å²) >= 11 is 0. The van der Waals surface area contributed by atoms with Crippen molar-refractivity contribution in [1.29, 1.82) is 0 Å². The van der Waals surface area contributed by atoms with Gasteiger partial charge in [0.05, 0.1) is 12.5 Å². The van der Waals surface area contributed by atoms with Crippen molar-refractivity contribution >= 4 is 5.91 Å². The van der Waals surface area contributed by atoms with Crippen LogP contribution in [0, 0.1) is 5.92 Å². The van der Waals surface area contributed by atoms with E-state index in [9.17, 15) is 18.0 Å². The van der Waals surface area contributed by atoms with Crippen molar-refractivity contribution in [2.75, 3.05) is 19.6 Å². The molecule has 2 atom stereocenters. The second kappa shape index (κ2) is 6.30. The summed E-state index contributed by atoms with van der Waals surface area (Å²) in [6.45, 7) is 0.489. The molecule has 4 nitrogen and oxygen atoms in total. The zero-order valence-electron chi connectivity index (χ0n) is 11.4. The third kappa shape index (κ3) is 4.63. The van der Waals surface area contributed by atoms with E-state index in [0.29, 0.717) is 31.8 Å². The minimum absolute atomic E-state index is 0.144. The smallest absolute Gasteiger partial charge is 0.364 e. The Morgan fingerprint density at radius 3 is 2.45 bits per heavy atom. The first-order chi connectivity index (χ1) is 9.39. The molecule has 0 radical (unpaired) electrons. The Bertz CT molecular complexity index is 345. The van der Waals surface area contributed by atoms with Crippen molar-refractivity contribution in [2.45, 2.75) is 50.5 Å². The molecule has 7 heteroatoms. The molecule has 0 bridgehead atoms. The maximum Gasteiger partial charge on any atom is 0.390 e. The summed E-state index contributed by atoms with van der Waals surface area (Å²) in [5, 5.41) is 0. The van der Waals surface area contributed by atoms with Crippen LogP contribution in [0.2, 0.25) is 0 Å². The molecular formula is C13H21F3N2O2. The molecule has 2 rings (SSSR count). The van der Waals surface area contributed by atoms with Gasteiger partial charge in [-0.3, -0.25) is 4.79 Å². The van der Waals surface area contributed by atoms with Gasteiger partial charge in [-0.25, -0.2) is 0 Å². The Labute approximate surface area is 116 Å². The van der Waals surface area contributed by atoms with E-state index in [-0.39, 0.29) is 18.6 Å². The normalized spacial score (nSPS) is 26.8. The van der Waals surface area contributed by atoms with Crippen LogP contribution in [0.1, 0.15) is 32.1 Å². The monoisotopic (exact) mass is 294 g/mol. The molecule has 116 valence electrons. The number of carbonyl (C=O) groups excluding carboxylic acids is 1. The number of rotatable bonds is 6. The van der Waals surface area contributed by atoms with E-state index in [1.165, 1.54) is 4.90 Å². The van der Waals surface area contributed by atoms with E-state index in [1.807, 2.05) is 0 Å². The van der Waals surface area contributed by atoms with Gasteiger partial charge < -0.3 is 15.4 Å². The molecule has 1 amide bonds. The number of nitrogens with two attached hydrogens (primary N) is 1. The fourth-order valence-electron chi connectivity index (χ4n) is 2.43. The largest absolute Gasteiger partial charge is 0.390 e. The number of hydrogen-bond acceptors (Lipinski definition) is 3. The van der Waals surface area contributed by atoms with Crippen molar-refractivity contribution in [3.05, 3.63) is 0 Å². The lowest BCUT2D eigenvalue weighted by Crippen LogP contribution is -2.42. The van der Waals surface area contributed by atoms with Crippen LogP contribution in [0.25, 0.3) is 0 Å². The molecule has 0 unspecified atom stereocenters. The predicted octanol–water partition coefficient (Wildman–Crippen LogP) is 1.68. The van der Waals surface area contributed by atoms with Crippen molar-refractivity contribution < 1.29 is 22.7 Å². The molecule has 1 aliphatic heterocycles. The third-order valence-electron chi connectivity index (χ3n) is 3.80. The van der Waals surface area contributed by atoms with Gasteiger partial charge >= 0.3 is 6.18 Å². The van der Waals surface area contributed by atoms with Crippen LogP contribution in [-0.4, -0.2) is 48.8 Å². The number of halogens is 3. The van der Waals surface area contributed by atoms with Crippen LogP contribution in [0.4, 0.5) is 13.2 Å². The maximum atomic E-state index is 12.3. The van der Waals surface area contributed by atoms with Crippen LogP contribution in [-0.2, 0) is 9.53 Å². The van der Waals surface area contributed by atoms with Gasteiger partial charge in [-0.05, 0) is 31.6 Å². The number of ether oxygens (including phenoxy) is 1. The average Bonchev–Trinajstić information content (AvgIpc) is 3.06. The van der Waals surface area contributed by atoms with Crippen molar-refractivity contribution in [3.63, 3.8) is 0 Å². The molecule has 2 fully saturated rings. The molecule has 1 heterocycles. The van der Waals surface area contributed by atoms with E-state index in [0.717, 1.165) is 12.8 Å². The lowest BCUT2D eigenvalue weighted by atomic mass is 10.1. The second-order valence-electron chi connectivity index (χ2n) is 5.65. The summed E-state index contributed by atoms with van der Waals surface area (Å²) in [5.74, 6) is 0.0518.